The van der Waals surface area contributed by atoms with Crippen molar-refractivity contribution in [3.63, 3.8) is 0 Å². The van der Waals surface area contributed by atoms with Crippen molar-refractivity contribution < 1.29 is 0 Å². The lowest BCUT2D eigenvalue weighted by atomic mass is 10.2. The van der Waals surface area contributed by atoms with Crippen LogP contribution >= 0.6 is 27.7 Å². The van der Waals surface area contributed by atoms with Gasteiger partial charge in [0, 0.05) is 22.0 Å². The molecule has 0 aliphatic carbocycles. The van der Waals surface area contributed by atoms with Crippen molar-refractivity contribution in [2.75, 3.05) is 6.54 Å². The summed E-state index contributed by atoms with van der Waals surface area (Å²) < 4.78 is 1.08. The van der Waals surface area contributed by atoms with E-state index in [0.29, 0.717) is 11.3 Å². The van der Waals surface area contributed by atoms with E-state index in [1.54, 1.807) is 0 Å². The number of thioether (sulfide) groups is 1. The molecule has 4 heteroatoms. The van der Waals surface area contributed by atoms with Gasteiger partial charge in [0.05, 0.1) is 0 Å². The Morgan fingerprint density at radius 1 is 1.50 bits per heavy atom. The van der Waals surface area contributed by atoms with Crippen LogP contribution in [0, 0.1) is 0 Å². The number of hydrogen-bond donors (Lipinski definition) is 1. The van der Waals surface area contributed by atoms with E-state index in [1.165, 1.54) is 6.42 Å². The Kier molecular flexibility index (Phi) is 6.39. The van der Waals surface area contributed by atoms with E-state index in [-0.39, 0.29) is 0 Å². The molecule has 0 aromatic carbocycles. The summed E-state index contributed by atoms with van der Waals surface area (Å²) in [6.07, 6.45) is 3.01. The third-order valence-corrected chi connectivity index (χ3v) is 4.67. The molecule has 2 atom stereocenters. The minimum atomic E-state index is 0.499. The lowest BCUT2D eigenvalue weighted by Gasteiger charge is -2.20. The van der Waals surface area contributed by atoms with Crippen LogP contribution in [0.5, 0.6) is 0 Å². The maximum absolute atomic E-state index is 4.37. The van der Waals surface area contributed by atoms with Crippen LogP contribution in [0.1, 0.15) is 27.2 Å². The SMILES string of the molecule is CCCNC(C)C(C)Sc1ncccc1Br. The van der Waals surface area contributed by atoms with Crippen molar-refractivity contribution in [2.45, 2.75) is 43.5 Å². The highest BCUT2D eigenvalue weighted by Crippen LogP contribution is 2.29. The molecule has 1 rings (SSSR count). The second-order valence-corrected chi connectivity index (χ2v) is 6.08. The normalized spacial score (nSPS) is 14.8. The minimum Gasteiger partial charge on any atom is -0.313 e. The minimum absolute atomic E-state index is 0.499. The predicted molar refractivity (Wildman–Crippen MR) is 75.0 cm³/mol. The molecular weight excluding hydrogens is 284 g/mol. The van der Waals surface area contributed by atoms with Gasteiger partial charge in [-0.3, -0.25) is 0 Å². The van der Waals surface area contributed by atoms with E-state index in [0.717, 1.165) is 16.0 Å². The highest BCUT2D eigenvalue weighted by Gasteiger charge is 2.14. The monoisotopic (exact) mass is 302 g/mol. The zero-order valence-corrected chi connectivity index (χ0v) is 12.4. The van der Waals surface area contributed by atoms with Crippen molar-refractivity contribution in [2.24, 2.45) is 0 Å². The molecule has 1 aromatic heterocycles. The van der Waals surface area contributed by atoms with Gasteiger partial charge in [0.25, 0.3) is 0 Å². The van der Waals surface area contributed by atoms with Crippen LogP contribution < -0.4 is 5.32 Å². The highest BCUT2D eigenvalue weighted by molar-refractivity contribution is 9.10. The summed E-state index contributed by atoms with van der Waals surface area (Å²) in [6, 6.07) is 4.47. The van der Waals surface area contributed by atoms with E-state index < -0.39 is 0 Å². The molecule has 1 aromatic rings. The van der Waals surface area contributed by atoms with Gasteiger partial charge >= 0.3 is 0 Å². The molecule has 0 aliphatic heterocycles. The third-order valence-electron chi connectivity index (χ3n) is 2.44. The number of nitrogens with one attached hydrogen (secondary N) is 1. The number of halogens is 1. The largest absolute Gasteiger partial charge is 0.313 e. The molecule has 1 heterocycles. The summed E-state index contributed by atoms with van der Waals surface area (Å²) in [5, 5.41) is 5.09. The quantitative estimate of drug-likeness (QED) is 0.811. The van der Waals surface area contributed by atoms with E-state index in [2.05, 4.69) is 47.0 Å². The van der Waals surface area contributed by atoms with E-state index in [4.69, 9.17) is 0 Å². The number of nitrogens with zero attached hydrogens (tertiary/aromatic N) is 1. The topological polar surface area (TPSA) is 24.9 Å². The van der Waals surface area contributed by atoms with Crippen LogP contribution in [0.3, 0.4) is 0 Å². The maximum atomic E-state index is 4.37. The van der Waals surface area contributed by atoms with Crippen molar-refractivity contribution >= 4 is 27.7 Å². The lowest BCUT2D eigenvalue weighted by molar-refractivity contribution is 0.542. The van der Waals surface area contributed by atoms with Crippen LogP contribution in [0.2, 0.25) is 0 Å². The highest BCUT2D eigenvalue weighted by atomic mass is 79.9. The first-order valence-electron chi connectivity index (χ1n) is 5.65. The number of hydrogen-bond acceptors (Lipinski definition) is 3. The molecule has 0 saturated carbocycles. The second kappa shape index (κ2) is 7.30. The molecule has 0 spiro atoms. The Balaban J connectivity index is 2.50. The molecule has 16 heavy (non-hydrogen) atoms. The van der Waals surface area contributed by atoms with Gasteiger partial charge in [-0.25, -0.2) is 4.98 Å². The molecule has 0 bridgehead atoms. The maximum Gasteiger partial charge on any atom is 0.110 e. The summed E-state index contributed by atoms with van der Waals surface area (Å²) in [5.74, 6) is 0. The zero-order valence-electron chi connectivity index (χ0n) is 10.0. The number of rotatable bonds is 6. The standard InChI is InChI=1S/C12H19BrN2S/c1-4-7-14-9(2)10(3)16-12-11(13)6-5-8-15-12/h5-6,8-10,14H,4,7H2,1-3H3. The summed E-state index contributed by atoms with van der Waals surface area (Å²) in [6.45, 7) is 7.73. The van der Waals surface area contributed by atoms with Gasteiger partial charge in [-0.15, -0.1) is 11.8 Å². The van der Waals surface area contributed by atoms with Crippen molar-refractivity contribution in [1.29, 1.82) is 0 Å². The number of aromatic nitrogens is 1. The lowest BCUT2D eigenvalue weighted by Crippen LogP contribution is -2.34. The zero-order chi connectivity index (χ0) is 12.0. The summed E-state index contributed by atoms with van der Waals surface area (Å²) in [4.78, 5) is 4.37. The van der Waals surface area contributed by atoms with Crippen LogP contribution in [0.25, 0.3) is 0 Å². The van der Waals surface area contributed by atoms with Crippen molar-refractivity contribution in [1.82, 2.24) is 10.3 Å². The fourth-order valence-corrected chi connectivity index (χ4v) is 2.76. The Morgan fingerprint density at radius 3 is 2.88 bits per heavy atom. The molecule has 0 radical (unpaired) electrons. The average molecular weight is 303 g/mol. The van der Waals surface area contributed by atoms with Crippen molar-refractivity contribution in [3.05, 3.63) is 22.8 Å². The molecule has 1 N–H and O–H groups in total. The summed E-state index contributed by atoms with van der Waals surface area (Å²) in [7, 11) is 0. The molecule has 90 valence electrons. The third kappa shape index (κ3) is 4.44. The van der Waals surface area contributed by atoms with Crippen LogP contribution in [-0.2, 0) is 0 Å². The van der Waals surface area contributed by atoms with Crippen LogP contribution in [0.15, 0.2) is 27.8 Å². The Hall–Kier alpha value is -0.0600. The van der Waals surface area contributed by atoms with Gasteiger partial charge in [0.1, 0.15) is 5.03 Å². The van der Waals surface area contributed by atoms with Gasteiger partial charge in [0.2, 0.25) is 0 Å². The average Bonchev–Trinajstić information content (AvgIpc) is 2.28. The van der Waals surface area contributed by atoms with E-state index in [1.807, 2.05) is 30.1 Å². The van der Waals surface area contributed by atoms with Gasteiger partial charge in [-0.2, -0.15) is 0 Å². The first kappa shape index (κ1) is 14.0. The Bertz CT molecular complexity index is 320. The van der Waals surface area contributed by atoms with Crippen LogP contribution in [0.4, 0.5) is 0 Å². The Morgan fingerprint density at radius 2 is 2.25 bits per heavy atom. The first-order valence-corrected chi connectivity index (χ1v) is 7.33. The van der Waals surface area contributed by atoms with Crippen LogP contribution in [-0.4, -0.2) is 22.8 Å². The first-order chi connectivity index (χ1) is 7.65. The second-order valence-electron chi connectivity index (χ2n) is 3.86. The van der Waals surface area contributed by atoms with Crippen molar-refractivity contribution in [3.8, 4) is 0 Å². The molecule has 0 saturated heterocycles. The fourth-order valence-electron chi connectivity index (χ4n) is 1.27. The molecule has 2 nitrogen and oxygen atoms in total. The van der Waals surface area contributed by atoms with Gasteiger partial charge in [-0.05, 0) is 48.0 Å². The summed E-state index contributed by atoms with van der Waals surface area (Å²) >= 11 is 5.33. The van der Waals surface area contributed by atoms with Gasteiger partial charge < -0.3 is 5.32 Å². The van der Waals surface area contributed by atoms with E-state index in [9.17, 15) is 0 Å². The summed E-state index contributed by atoms with van der Waals surface area (Å²) in [5.41, 5.74) is 0. The molecule has 0 amide bonds. The molecule has 2 unspecified atom stereocenters. The molecule has 0 aliphatic rings. The molecule has 0 fully saturated rings. The Labute approximate surface area is 111 Å². The predicted octanol–water partition coefficient (Wildman–Crippen LogP) is 3.71. The fraction of sp³-hybridized carbons (Fsp3) is 0.583. The smallest absolute Gasteiger partial charge is 0.110 e. The van der Waals surface area contributed by atoms with Gasteiger partial charge in [-0.1, -0.05) is 13.8 Å². The number of pyridine rings is 1. The van der Waals surface area contributed by atoms with E-state index >= 15 is 0 Å². The van der Waals surface area contributed by atoms with Gasteiger partial charge in [0.15, 0.2) is 0 Å². The molecular formula is C12H19BrN2S.